The van der Waals surface area contributed by atoms with E-state index >= 15 is 0 Å². The van der Waals surface area contributed by atoms with Crippen LogP contribution in [0.15, 0.2) is 9.85 Å². The minimum atomic E-state index is 0.501. The standard InChI is InChI=1S/C12H16BrN3S/c1-7(2)12-14-10(6-17-12)5-16-9(4)11(13)8(3)15-16/h6-7H,5H2,1-4H3. The fourth-order valence-corrected chi connectivity index (χ4v) is 2.75. The molecular formula is C12H16BrN3S. The summed E-state index contributed by atoms with van der Waals surface area (Å²) in [5.41, 5.74) is 3.28. The molecule has 2 rings (SSSR count). The third-order valence-corrected chi connectivity index (χ3v) is 5.01. The van der Waals surface area contributed by atoms with E-state index < -0.39 is 0 Å². The summed E-state index contributed by atoms with van der Waals surface area (Å²) in [4.78, 5) is 4.63. The predicted octanol–water partition coefficient (Wildman–Crippen LogP) is 3.89. The van der Waals surface area contributed by atoms with Crippen molar-refractivity contribution >= 4 is 27.3 Å². The normalized spacial score (nSPS) is 11.4. The quantitative estimate of drug-likeness (QED) is 0.860. The summed E-state index contributed by atoms with van der Waals surface area (Å²) in [6.07, 6.45) is 0. The molecule has 0 aliphatic heterocycles. The van der Waals surface area contributed by atoms with Crippen LogP contribution >= 0.6 is 27.3 Å². The lowest BCUT2D eigenvalue weighted by Gasteiger charge is -2.01. The van der Waals surface area contributed by atoms with E-state index in [9.17, 15) is 0 Å². The first-order valence-electron chi connectivity index (χ1n) is 5.63. The van der Waals surface area contributed by atoms with Gasteiger partial charge in [-0.25, -0.2) is 4.98 Å². The van der Waals surface area contributed by atoms with Gasteiger partial charge in [0.1, 0.15) is 0 Å². The van der Waals surface area contributed by atoms with Crippen LogP contribution in [0.4, 0.5) is 0 Å². The smallest absolute Gasteiger partial charge is 0.0954 e. The Hall–Kier alpha value is -0.680. The molecule has 0 aromatic carbocycles. The molecule has 0 bridgehead atoms. The number of halogens is 1. The van der Waals surface area contributed by atoms with Crippen LogP contribution in [-0.2, 0) is 6.54 Å². The van der Waals surface area contributed by atoms with Crippen molar-refractivity contribution in [1.29, 1.82) is 0 Å². The van der Waals surface area contributed by atoms with Gasteiger partial charge in [0.15, 0.2) is 0 Å². The molecule has 2 aromatic rings. The molecule has 0 atom stereocenters. The van der Waals surface area contributed by atoms with Crippen LogP contribution in [0.5, 0.6) is 0 Å². The molecule has 0 N–H and O–H groups in total. The van der Waals surface area contributed by atoms with E-state index in [1.54, 1.807) is 11.3 Å². The van der Waals surface area contributed by atoms with Gasteiger partial charge in [0.05, 0.1) is 33.1 Å². The molecule has 0 fully saturated rings. The maximum absolute atomic E-state index is 4.63. The Morgan fingerprint density at radius 1 is 1.41 bits per heavy atom. The van der Waals surface area contributed by atoms with E-state index in [1.807, 2.05) is 11.6 Å². The van der Waals surface area contributed by atoms with E-state index in [0.29, 0.717) is 5.92 Å². The van der Waals surface area contributed by atoms with Crippen molar-refractivity contribution in [2.24, 2.45) is 0 Å². The van der Waals surface area contributed by atoms with E-state index in [1.165, 1.54) is 5.01 Å². The maximum Gasteiger partial charge on any atom is 0.0954 e. The molecule has 0 unspecified atom stereocenters. The van der Waals surface area contributed by atoms with Crippen molar-refractivity contribution in [2.45, 2.75) is 40.2 Å². The Morgan fingerprint density at radius 2 is 2.12 bits per heavy atom. The summed E-state index contributed by atoms with van der Waals surface area (Å²) in [6, 6.07) is 0. The van der Waals surface area contributed by atoms with Crippen LogP contribution < -0.4 is 0 Å². The number of nitrogens with zero attached hydrogens (tertiary/aromatic N) is 3. The van der Waals surface area contributed by atoms with E-state index in [2.05, 4.69) is 52.2 Å². The summed E-state index contributed by atoms with van der Waals surface area (Å²) < 4.78 is 3.09. The number of hydrogen-bond acceptors (Lipinski definition) is 3. The first-order valence-corrected chi connectivity index (χ1v) is 7.30. The van der Waals surface area contributed by atoms with Crippen LogP contribution in [0.25, 0.3) is 0 Å². The topological polar surface area (TPSA) is 30.7 Å². The van der Waals surface area contributed by atoms with Gasteiger partial charge in [-0.05, 0) is 29.8 Å². The van der Waals surface area contributed by atoms with Crippen LogP contribution in [0.3, 0.4) is 0 Å². The molecule has 0 radical (unpaired) electrons. The fourth-order valence-electron chi connectivity index (χ4n) is 1.64. The second-order valence-corrected chi connectivity index (χ2v) is 6.16. The lowest BCUT2D eigenvalue weighted by Crippen LogP contribution is -2.04. The van der Waals surface area contributed by atoms with Gasteiger partial charge in [-0.1, -0.05) is 13.8 Å². The van der Waals surface area contributed by atoms with Crippen molar-refractivity contribution in [3.8, 4) is 0 Å². The minimum absolute atomic E-state index is 0.501. The summed E-state index contributed by atoms with van der Waals surface area (Å²) in [5, 5.41) is 7.81. The maximum atomic E-state index is 4.63. The van der Waals surface area contributed by atoms with Crippen molar-refractivity contribution in [2.75, 3.05) is 0 Å². The Balaban J connectivity index is 2.22. The number of rotatable bonds is 3. The molecule has 5 heteroatoms. The molecule has 0 saturated heterocycles. The molecule has 3 nitrogen and oxygen atoms in total. The van der Waals surface area contributed by atoms with E-state index in [4.69, 9.17) is 0 Å². The van der Waals surface area contributed by atoms with Gasteiger partial charge in [0.25, 0.3) is 0 Å². The van der Waals surface area contributed by atoms with Crippen LogP contribution in [0, 0.1) is 13.8 Å². The van der Waals surface area contributed by atoms with Crippen LogP contribution in [-0.4, -0.2) is 14.8 Å². The Morgan fingerprint density at radius 3 is 2.59 bits per heavy atom. The highest BCUT2D eigenvalue weighted by atomic mass is 79.9. The lowest BCUT2D eigenvalue weighted by molar-refractivity contribution is 0.646. The molecule has 0 spiro atoms. The molecule has 2 heterocycles. The SMILES string of the molecule is Cc1nn(Cc2csc(C(C)C)n2)c(C)c1Br. The average Bonchev–Trinajstić information content (AvgIpc) is 2.82. The summed E-state index contributed by atoms with van der Waals surface area (Å²) in [5.74, 6) is 0.501. The molecule has 2 aromatic heterocycles. The Labute approximate surface area is 114 Å². The molecule has 0 amide bonds. The van der Waals surface area contributed by atoms with Gasteiger partial charge in [-0.2, -0.15) is 5.10 Å². The highest BCUT2D eigenvalue weighted by molar-refractivity contribution is 9.10. The third-order valence-electron chi connectivity index (χ3n) is 2.67. The predicted molar refractivity (Wildman–Crippen MR) is 74.7 cm³/mol. The number of aromatic nitrogens is 3. The van der Waals surface area contributed by atoms with Crippen molar-refractivity contribution in [3.05, 3.63) is 31.9 Å². The van der Waals surface area contributed by atoms with E-state index in [0.717, 1.165) is 28.1 Å². The van der Waals surface area contributed by atoms with Crippen LogP contribution in [0.2, 0.25) is 0 Å². The second-order valence-electron chi connectivity index (χ2n) is 4.47. The fraction of sp³-hybridized carbons (Fsp3) is 0.500. The highest BCUT2D eigenvalue weighted by Crippen LogP contribution is 2.23. The number of thiazole rings is 1. The zero-order valence-electron chi connectivity index (χ0n) is 10.5. The molecular weight excluding hydrogens is 298 g/mol. The summed E-state index contributed by atoms with van der Waals surface area (Å²) >= 11 is 5.27. The molecule has 0 aliphatic carbocycles. The number of aryl methyl sites for hydroxylation is 1. The monoisotopic (exact) mass is 313 g/mol. The van der Waals surface area contributed by atoms with Gasteiger partial charge in [-0.15, -0.1) is 11.3 Å². The zero-order valence-corrected chi connectivity index (χ0v) is 12.9. The largest absolute Gasteiger partial charge is 0.262 e. The lowest BCUT2D eigenvalue weighted by atomic mass is 10.2. The first kappa shape index (κ1) is 12.8. The first-order chi connectivity index (χ1) is 7.99. The van der Waals surface area contributed by atoms with Gasteiger partial charge in [0, 0.05) is 11.3 Å². The summed E-state index contributed by atoms with van der Waals surface area (Å²) in [6.45, 7) is 9.17. The molecule has 0 aliphatic rings. The van der Waals surface area contributed by atoms with Crippen molar-refractivity contribution in [1.82, 2.24) is 14.8 Å². The molecule has 17 heavy (non-hydrogen) atoms. The average molecular weight is 314 g/mol. The van der Waals surface area contributed by atoms with Gasteiger partial charge in [0.2, 0.25) is 0 Å². The second kappa shape index (κ2) is 4.90. The Kier molecular flexibility index (Phi) is 3.68. The van der Waals surface area contributed by atoms with Crippen molar-refractivity contribution < 1.29 is 0 Å². The van der Waals surface area contributed by atoms with Gasteiger partial charge < -0.3 is 0 Å². The minimum Gasteiger partial charge on any atom is -0.262 e. The Bertz CT molecular complexity index is 528. The highest BCUT2D eigenvalue weighted by Gasteiger charge is 2.11. The van der Waals surface area contributed by atoms with Crippen molar-refractivity contribution in [3.63, 3.8) is 0 Å². The zero-order chi connectivity index (χ0) is 12.6. The summed E-state index contributed by atoms with van der Waals surface area (Å²) in [7, 11) is 0. The molecule has 92 valence electrons. The third kappa shape index (κ3) is 2.60. The molecule has 0 saturated carbocycles. The van der Waals surface area contributed by atoms with E-state index in [-0.39, 0.29) is 0 Å². The number of hydrogen-bond donors (Lipinski definition) is 0. The van der Waals surface area contributed by atoms with Gasteiger partial charge in [-0.3, -0.25) is 4.68 Å². The van der Waals surface area contributed by atoms with Gasteiger partial charge >= 0.3 is 0 Å². The van der Waals surface area contributed by atoms with Crippen LogP contribution in [0.1, 0.15) is 41.9 Å².